The zero-order valence-corrected chi connectivity index (χ0v) is 12.4. The summed E-state index contributed by atoms with van der Waals surface area (Å²) in [6.07, 6.45) is 1.21. The molecule has 0 aromatic heterocycles. The fraction of sp³-hybridized carbons (Fsp3) is 0.647. The van der Waals surface area contributed by atoms with Gasteiger partial charge in [-0.1, -0.05) is 44.2 Å². The van der Waals surface area contributed by atoms with Gasteiger partial charge in [-0.2, -0.15) is 0 Å². The van der Waals surface area contributed by atoms with Gasteiger partial charge in [0.05, 0.1) is 26.2 Å². The predicted octanol–water partition coefficient (Wildman–Crippen LogP) is 2.40. The molecular weight excluding hydrogens is 232 g/mol. The van der Waals surface area contributed by atoms with E-state index in [4.69, 9.17) is 0 Å². The van der Waals surface area contributed by atoms with Crippen LogP contribution in [0.15, 0.2) is 30.3 Å². The van der Waals surface area contributed by atoms with Crippen LogP contribution in [0.2, 0.25) is 0 Å². The number of fused-ring (bicyclic) bond motifs is 3. The Bertz CT molecular complexity index is 402. The standard InChI is InChI=1S/C17H27N2/c1-17(2,14-16-6-4-3-5-7-16)15-19-11-8-18(9-12-19)10-13-19/h3-7H,8-15H2,1-2H3/q+1. The van der Waals surface area contributed by atoms with Crippen molar-refractivity contribution < 1.29 is 4.48 Å². The van der Waals surface area contributed by atoms with Gasteiger partial charge in [0.1, 0.15) is 0 Å². The Kier molecular flexibility index (Phi) is 3.40. The maximum absolute atomic E-state index is 2.63. The Morgan fingerprint density at radius 1 is 1.00 bits per heavy atom. The van der Waals surface area contributed by atoms with E-state index in [1.807, 2.05) is 0 Å². The Hall–Kier alpha value is -0.860. The van der Waals surface area contributed by atoms with Gasteiger partial charge in [0.2, 0.25) is 0 Å². The molecule has 2 bridgehead atoms. The van der Waals surface area contributed by atoms with Crippen LogP contribution in [-0.4, -0.2) is 55.2 Å². The van der Waals surface area contributed by atoms with Crippen LogP contribution in [0.25, 0.3) is 0 Å². The summed E-state index contributed by atoms with van der Waals surface area (Å²) in [6, 6.07) is 11.0. The molecule has 104 valence electrons. The van der Waals surface area contributed by atoms with Crippen molar-refractivity contribution in [2.75, 3.05) is 45.8 Å². The number of nitrogens with zero attached hydrogens (tertiary/aromatic N) is 2. The monoisotopic (exact) mass is 259 g/mol. The number of benzene rings is 1. The average molecular weight is 259 g/mol. The highest BCUT2D eigenvalue weighted by Crippen LogP contribution is 2.30. The van der Waals surface area contributed by atoms with Gasteiger partial charge < -0.3 is 4.48 Å². The molecule has 0 unspecified atom stereocenters. The van der Waals surface area contributed by atoms with Crippen LogP contribution in [-0.2, 0) is 6.42 Å². The lowest BCUT2D eigenvalue weighted by Crippen LogP contribution is -2.69. The van der Waals surface area contributed by atoms with Crippen LogP contribution < -0.4 is 0 Å². The van der Waals surface area contributed by atoms with Crippen LogP contribution in [0.1, 0.15) is 19.4 Å². The summed E-state index contributed by atoms with van der Waals surface area (Å²) >= 11 is 0. The molecule has 3 aliphatic rings. The van der Waals surface area contributed by atoms with Gasteiger partial charge in [0.25, 0.3) is 0 Å². The van der Waals surface area contributed by atoms with E-state index in [0.717, 1.165) is 0 Å². The van der Waals surface area contributed by atoms with Crippen molar-refractivity contribution in [2.45, 2.75) is 20.3 Å². The molecule has 0 atom stereocenters. The van der Waals surface area contributed by atoms with Crippen molar-refractivity contribution in [1.82, 2.24) is 4.90 Å². The lowest BCUT2D eigenvalue weighted by molar-refractivity contribution is -0.946. The zero-order valence-electron chi connectivity index (χ0n) is 12.4. The minimum Gasteiger partial charge on any atom is -0.320 e. The summed E-state index contributed by atoms with van der Waals surface area (Å²) in [7, 11) is 0. The summed E-state index contributed by atoms with van der Waals surface area (Å²) in [5.41, 5.74) is 1.89. The maximum atomic E-state index is 2.63. The van der Waals surface area contributed by atoms with Crippen molar-refractivity contribution in [2.24, 2.45) is 5.41 Å². The van der Waals surface area contributed by atoms with Gasteiger partial charge in [0.15, 0.2) is 0 Å². The topological polar surface area (TPSA) is 3.24 Å². The summed E-state index contributed by atoms with van der Waals surface area (Å²) in [5, 5.41) is 0. The number of hydrogen-bond donors (Lipinski definition) is 0. The van der Waals surface area contributed by atoms with Gasteiger partial charge in [-0.3, -0.25) is 4.90 Å². The molecular formula is C17H27N2+. The van der Waals surface area contributed by atoms with E-state index in [0.29, 0.717) is 5.41 Å². The smallest absolute Gasteiger partial charge is 0.0916 e. The van der Waals surface area contributed by atoms with E-state index in [1.54, 1.807) is 0 Å². The number of rotatable bonds is 4. The fourth-order valence-corrected chi connectivity index (χ4v) is 4.08. The molecule has 0 saturated carbocycles. The van der Waals surface area contributed by atoms with Crippen molar-refractivity contribution in [1.29, 1.82) is 0 Å². The highest BCUT2D eigenvalue weighted by molar-refractivity contribution is 5.16. The summed E-state index contributed by atoms with van der Waals surface area (Å²) in [5.74, 6) is 0. The summed E-state index contributed by atoms with van der Waals surface area (Å²) in [6.45, 7) is 14.3. The van der Waals surface area contributed by atoms with Crippen molar-refractivity contribution in [3.63, 3.8) is 0 Å². The average Bonchev–Trinajstić information content (AvgIpc) is 2.40. The van der Waals surface area contributed by atoms with Gasteiger partial charge in [-0.15, -0.1) is 0 Å². The van der Waals surface area contributed by atoms with E-state index in [-0.39, 0.29) is 0 Å². The van der Waals surface area contributed by atoms with E-state index < -0.39 is 0 Å². The van der Waals surface area contributed by atoms with E-state index in [1.165, 1.54) is 62.3 Å². The van der Waals surface area contributed by atoms with Crippen LogP contribution in [0.3, 0.4) is 0 Å². The molecule has 2 nitrogen and oxygen atoms in total. The first-order valence-corrected chi connectivity index (χ1v) is 7.68. The third kappa shape index (κ3) is 3.01. The van der Waals surface area contributed by atoms with E-state index in [9.17, 15) is 0 Å². The molecule has 1 aromatic rings. The largest absolute Gasteiger partial charge is 0.320 e. The highest BCUT2D eigenvalue weighted by Gasteiger charge is 2.41. The minimum atomic E-state index is 0.404. The Balaban J connectivity index is 1.67. The molecule has 4 rings (SSSR count). The number of piperazine rings is 3. The molecule has 2 heteroatoms. The van der Waals surface area contributed by atoms with Crippen LogP contribution >= 0.6 is 0 Å². The van der Waals surface area contributed by atoms with E-state index >= 15 is 0 Å². The summed E-state index contributed by atoms with van der Waals surface area (Å²) in [4.78, 5) is 2.63. The highest BCUT2D eigenvalue weighted by atomic mass is 15.5. The van der Waals surface area contributed by atoms with Gasteiger partial charge >= 0.3 is 0 Å². The van der Waals surface area contributed by atoms with E-state index in [2.05, 4.69) is 49.1 Å². The Labute approximate surface area is 117 Å². The predicted molar refractivity (Wildman–Crippen MR) is 80.1 cm³/mol. The van der Waals surface area contributed by atoms with Gasteiger partial charge in [0, 0.05) is 25.0 Å². The SMILES string of the molecule is CC(C)(Cc1ccccc1)C[N+]12CCN(CC1)CC2. The normalized spacial score (nSPS) is 30.5. The first-order valence-electron chi connectivity index (χ1n) is 7.68. The van der Waals surface area contributed by atoms with Crippen molar-refractivity contribution in [3.05, 3.63) is 35.9 Å². The molecule has 0 spiro atoms. The first-order chi connectivity index (χ1) is 9.07. The molecule has 0 radical (unpaired) electrons. The quantitative estimate of drug-likeness (QED) is 0.751. The summed E-state index contributed by atoms with van der Waals surface area (Å²) < 4.78 is 1.37. The Morgan fingerprint density at radius 2 is 1.58 bits per heavy atom. The van der Waals surface area contributed by atoms with Crippen LogP contribution in [0, 0.1) is 5.41 Å². The molecule has 3 heterocycles. The minimum absolute atomic E-state index is 0.404. The first kappa shape index (κ1) is 13.1. The Morgan fingerprint density at radius 3 is 2.16 bits per heavy atom. The molecule has 3 saturated heterocycles. The lowest BCUT2D eigenvalue weighted by Gasteiger charge is -2.53. The second-order valence-electron chi connectivity index (χ2n) is 7.34. The van der Waals surface area contributed by atoms with Gasteiger partial charge in [-0.25, -0.2) is 0 Å². The fourth-order valence-electron chi connectivity index (χ4n) is 4.08. The molecule has 0 amide bonds. The van der Waals surface area contributed by atoms with Crippen molar-refractivity contribution >= 4 is 0 Å². The molecule has 1 aromatic carbocycles. The van der Waals surface area contributed by atoms with Crippen LogP contribution in [0.5, 0.6) is 0 Å². The molecule has 0 aliphatic carbocycles. The maximum Gasteiger partial charge on any atom is 0.0916 e. The third-order valence-electron chi connectivity index (χ3n) is 4.96. The lowest BCUT2D eigenvalue weighted by atomic mass is 9.83. The number of hydrogen-bond acceptors (Lipinski definition) is 1. The third-order valence-corrected chi connectivity index (χ3v) is 4.96. The van der Waals surface area contributed by atoms with Crippen molar-refractivity contribution in [3.8, 4) is 0 Å². The van der Waals surface area contributed by atoms with Gasteiger partial charge in [-0.05, 0) is 12.0 Å². The molecule has 19 heavy (non-hydrogen) atoms. The number of quaternary nitrogens is 1. The second-order valence-corrected chi connectivity index (χ2v) is 7.34. The zero-order chi connectivity index (χ0) is 13.3. The molecule has 0 N–H and O–H groups in total. The van der Waals surface area contributed by atoms with Crippen LogP contribution in [0.4, 0.5) is 0 Å². The molecule has 3 fully saturated rings. The molecule has 3 aliphatic heterocycles. The second kappa shape index (κ2) is 4.92.